The Morgan fingerprint density at radius 3 is 3.09 bits per heavy atom. The molecule has 1 aromatic heterocycles. The van der Waals surface area contributed by atoms with Crippen LogP contribution in [0.4, 0.5) is 0 Å². The predicted octanol–water partition coefficient (Wildman–Crippen LogP) is 1.84. The normalized spacial score (nSPS) is 9.09. The highest BCUT2D eigenvalue weighted by Gasteiger charge is 1.88. The van der Waals surface area contributed by atoms with E-state index in [0.29, 0.717) is 12.5 Å². The molecule has 2 nitrogen and oxygen atoms in total. The van der Waals surface area contributed by atoms with Crippen molar-refractivity contribution in [1.82, 2.24) is 4.98 Å². The van der Waals surface area contributed by atoms with Crippen molar-refractivity contribution >= 4 is 0 Å². The standard InChI is InChI=1S/C9H10NO/c1-2-3-8-11-9-6-4-5-7-10-9/h1-2,4-7H,3,8H2. The Hall–Kier alpha value is -1.31. The zero-order valence-electron chi connectivity index (χ0n) is 6.23. The van der Waals surface area contributed by atoms with E-state index >= 15 is 0 Å². The van der Waals surface area contributed by atoms with Crippen LogP contribution in [0.3, 0.4) is 0 Å². The molecule has 0 saturated heterocycles. The van der Waals surface area contributed by atoms with Gasteiger partial charge in [0.25, 0.3) is 0 Å². The van der Waals surface area contributed by atoms with E-state index in [1.165, 1.54) is 0 Å². The molecule has 0 spiro atoms. The van der Waals surface area contributed by atoms with Gasteiger partial charge in [-0.2, -0.15) is 0 Å². The molecule has 0 amide bonds. The van der Waals surface area contributed by atoms with Crippen LogP contribution in [0.2, 0.25) is 0 Å². The number of rotatable bonds is 4. The minimum atomic E-state index is 0.591. The molecule has 0 bridgehead atoms. The first-order chi connectivity index (χ1) is 5.43. The number of pyridine rings is 1. The molecule has 57 valence electrons. The summed E-state index contributed by atoms with van der Waals surface area (Å²) in [6.45, 7) is 5.76. The van der Waals surface area contributed by atoms with Crippen molar-refractivity contribution in [2.75, 3.05) is 6.61 Å². The Kier molecular flexibility index (Phi) is 3.19. The second-order valence-corrected chi connectivity index (χ2v) is 2.04. The van der Waals surface area contributed by atoms with E-state index in [9.17, 15) is 0 Å². The van der Waals surface area contributed by atoms with Gasteiger partial charge in [0.05, 0.1) is 6.61 Å². The Balaban J connectivity index is 2.33. The second kappa shape index (κ2) is 4.50. The maximum absolute atomic E-state index is 5.22. The largest absolute Gasteiger partial charge is 0.477 e. The van der Waals surface area contributed by atoms with Crippen LogP contribution in [0, 0.1) is 6.58 Å². The Bertz CT molecular complexity index is 208. The lowest BCUT2D eigenvalue weighted by atomic mass is 10.4. The first-order valence-electron chi connectivity index (χ1n) is 3.50. The van der Waals surface area contributed by atoms with Crippen LogP contribution in [0.5, 0.6) is 5.88 Å². The molecule has 0 atom stereocenters. The van der Waals surface area contributed by atoms with Gasteiger partial charge in [0.1, 0.15) is 0 Å². The third kappa shape index (κ3) is 2.85. The highest BCUT2D eigenvalue weighted by molar-refractivity contribution is 5.08. The van der Waals surface area contributed by atoms with Crippen LogP contribution < -0.4 is 4.74 Å². The lowest BCUT2D eigenvalue weighted by molar-refractivity contribution is 0.312. The van der Waals surface area contributed by atoms with Crippen molar-refractivity contribution in [3.05, 3.63) is 37.1 Å². The number of ether oxygens (including phenoxy) is 1. The van der Waals surface area contributed by atoms with Crippen molar-refractivity contribution < 1.29 is 4.74 Å². The van der Waals surface area contributed by atoms with Crippen molar-refractivity contribution in [2.24, 2.45) is 0 Å². The van der Waals surface area contributed by atoms with Crippen LogP contribution in [-0.4, -0.2) is 11.6 Å². The van der Waals surface area contributed by atoms with E-state index in [0.717, 1.165) is 6.42 Å². The summed E-state index contributed by atoms with van der Waals surface area (Å²) in [6.07, 6.45) is 4.01. The summed E-state index contributed by atoms with van der Waals surface area (Å²) in [5.74, 6) is 0.648. The summed E-state index contributed by atoms with van der Waals surface area (Å²) in [5, 5.41) is 0. The quantitative estimate of drug-likeness (QED) is 0.608. The fraction of sp³-hybridized carbons (Fsp3) is 0.222. The zero-order chi connectivity index (χ0) is 7.94. The number of hydrogen-bond donors (Lipinski definition) is 0. The molecule has 0 unspecified atom stereocenters. The molecule has 0 N–H and O–H groups in total. The molecule has 1 heterocycles. The molecule has 0 aliphatic rings. The van der Waals surface area contributed by atoms with E-state index in [1.807, 2.05) is 18.2 Å². The molecule has 0 aromatic carbocycles. The van der Waals surface area contributed by atoms with Crippen LogP contribution in [0.15, 0.2) is 30.5 Å². The van der Waals surface area contributed by atoms with Gasteiger partial charge in [-0.15, -0.1) is 0 Å². The smallest absolute Gasteiger partial charge is 0.213 e. The third-order valence-corrected chi connectivity index (χ3v) is 1.17. The predicted molar refractivity (Wildman–Crippen MR) is 43.2 cm³/mol. The van der Waals surface area contributed by atoms with Crippen LogP contribution >= 0.6 is 0 Å². The Morgan fingerprint density at radius 1 is 1.55 bits per heavy atom. The van der Waals surface area contributed by atoms with Gasteiger partial charge in [0.2, 0.25) is 5.88 Å². The highest BCUT2D eigenvalue weighted by atomic mass is 16.5. The molecule has 1 rings (SSSR count). The fourth-order valence-electron chi connectivity index (χ4n) is 0.664. The van der Waals surface area contributed by atoms with Gasteiger partial charge >= 0.3 is 0 Å². The number of aromatic nitrogens is 1. The minimum Gasteiger partial charge on any atom is -0.477 e. The van der Waals surface area contributed by atoms with E-state index in [1.54, 1.807) is 12.3 Å². The molecule has 11 heavy (non-hydrogen) atoms. The maximum atomic E-state index is 5.22. The van der Waals surface area contributed by atoms with E-state index in [2.05, 4.69) is 4.98 Å². The zero-order valence-corrected chi connectivity index (χ0v) is 6.23. The van der Waals surface area contributed by atoms with Crippen molar-refractivity contribution in [2.45, 2.75) is 6.42 Å². The summed E-state index contributed by atoms with van der Waals surface area (Å²) in [7, 11) is 0. The van der Waals surface area contributed by atoms with Crippen molar-refractivity contribution in [1.29, 1.82) is 0 Å². The number of nitrogens with zero attached hydrogens (tertiary/aromatic N) is 1. The van der Waals surface area contributed by atoms with Crippen molar-refractivity contribution in [3.8, 4) is 5.88 Å². The molecular formula is C9H10NO. The second-order valence-electron chi connectivity index (χ2n) is 2.04. The molecule has 0 fully saturated rings. The average Bonchev–Trinajstić information content (AvgIpc) is 2.07. The summed E-state index contributed by atoms with van der Waals surface area (Å²) in [6, 6.07) is 5.55. The molecule has 0 aliphatic carbocycles. The molecule has 2 heteroatoms. The number of hydrogen-bond acceptors (Lipinski definition) is 2. The summed E-state index contributed by atoms with van der Waals surface area (Å²) in [4.78, 5) is 3.97. The highest BCUT2D eigenvalue weighted by Crippen LogP contribution is 2.02. The van der Waals surface area contributed by atoms with Gasteiger partial charge < -0.3 is 4.74 Å². The average molecular weight is 148 g/mol. The lowest BCUT2D eigenvalue weighted by Crippen LogP contribution is -1.96. The van der Waals surface area contributed by atoms with Crippen molar-refractivity contribution in [3.63, 3.8) is 0 Å². The van der Waals surface area contributed by atoms with Gasteiger partial charge in [0.15, 0.2) is 0 Å². The van der Waals surface area contributed by atoms with Gasteiger partial charge in [-0.05, 0) is 12.5 Å². The Morgan fingerprint density at radius 2 is 2.45 bits per heavy atom. The topological polar surface area (TPSA) is 22.1 Å². The SMILES string of the molecule is [CH]=CCCOc1ccccn1. The van der Waals surface area contributed by atoms with Gasteiger partial charge in [-0.1, -0.05) is 18.7 Å². The van der Waals surface area contributed by atoms with Crippen LogP contribution in [0.25, 0.3) is 0 Å². The van der Waals surface area contributed by atoms with E-state index in [-0.39, 0.29) is 0 Å². The van der Waals surface area contributed by atoms with Gasteiger partial charge in [-0.3, -0.25) is 0 Å². The molecule has 1 radical (unpaired) electrons. The molecule has 1 aromatic rings. The fourth-order valence-corrected chi connectivity index (χ4v) is 0.664. The first kappa shape index (κ1) is 7.79. The first-order valence-corrected chi connectivity index (χ1v) is 3.50. The maximum Gasteiger partial charge on any atom is 0.213 e. The van der Waals surface area contributed by atoms with E-state index in [4.69, 9.17) is 11.3 Å². The molecule has 0 saturated carbocycles. The van der Waals surface area contributed by atoms with Gasteiger partial charge in [-0.25, -0.2) is 4.98 Å². The minimum absolute atomic E-state index is 0.591. The van der Waals surface area contributed by atoms with Crippen LogP contribution in [-0.2, 0) is 0 Å². The monoisotopic (exact) mass is 148 g/mol. The summed E-state index contributed by atoms with van der Waals surface area (Å²) >= 11 is 0. The summed E-state index contributed by atoms with van der Waals surface area (Å²) in [5.41, 5.74) is 0. The van der Waals surface area contributed by atoms with Crippen LogP contribution in [0.1, 0.15) is 6.42 Å². The molecule has 0 aliphatic heterocycles. The lowest BCUT2D eigenvalue weighted by Gasteiger charge is -2.00. The third-order valence-electron chi connectivity index (χ3n) is 1.17. The molecular weight excluding hydrogens is 138 g/mol. The van der Waals surface area contributed by atoms with Gasteiger partial charge in [0, 0.05) is 12.3 Å². The Labute approximate surface area is 66.5 Å². The summed E-state index contributed by atoms with van der Waals surface area (Å²) < 4.78 is 5.22. The van der Waals surface area contributed by atoms with E-state index < -0.39 is 0 Å².